The highest BCUT2D eigenvalue weighted by atomic mass is 16.5. The SMILES string of the molecule is Cc1cc(NCCC(=O)O)no1. The van der Waals surface area contributed by atoms with Crippen molar-refractivity contribution in [2.24, 2.45) is 0 Å². The number of carboxylic acid groups (broad SMARTS) is 1. The van der Waals surface area contributed by atoms with Crippen molar-refractivity contribution in [3.05, 3.63) is 11.8 Å². The van der Waals surface area contributed by atoms with Gasteiger partial charge in [-0.15, -0.1) is 0 Å². The summed E-state index contributed by atoms with van der Waals surface area (Å²) in [5.41, 5.74) is 0. The van der Waals surface area contributed by atoms with E-state index in [1.165, 1.54) is 0 Å². The second kappa shape index (κ2) is 3.75. The Balaban J connectivity index is 2.29. The van der Waals surface area contributed by atoms with Crippen molar-refractivity contribution in [1.82, 2.24) is 5.16 Å². The molecule has 0 unspecified atom stereocenters. The average Bonchev–Trinajstić information content (AvgIpc) is 2.35. The highest BCUT2D eigenvalue weighted by molar-refractivity contribution is 5.67. The lowest BCUT2D eigenvalue weighted by molar-refractivity contribution is -0.136. The minimum Gasteiger partial charge on any atom is -0.481 e. The Morgan fingerprint density at radius 1 is 1.83 bits per heavy atom. The summed E-state index contributed by atoms with van der Waals surface area (Å²) in [4.78, 5) is 10.1. The van der Waals surface area contributed by atoms with E-state index in [2.05, 4.69) is 10.5 Å². The van der Waals surface area contributed by atoms with Crippen molar-refractivity contribution in [2.45, 2.75) is 13.3 Å². The van der Waals surface area contributed by atoms with Crippen molar-refractivity contribution in [3.8, 4) is 0 Å². The van der Waals surface area contributed by atoms with Crippen molar-refractivity contribution in [1.29, 1.82) is 0 Å². The molecule has 0 bridgehead atoms. The summed E-state index contributed by atoms with van der Waals surface area (Å²) >= 11 is 0. The molecule has 0 saturated carbocycles. The van der Waals surface area contributed by atoms with Gasteiger partial charge in [0.15, 0.2) is 5.82 Å². The normalized spacial score (nSPS) is 9.75. The third kappa shape index (κ3) is 2.61. The van der Waals surface area contributed by atoms with Crippen LogP contribution in [0.3, 0.4) is 0 Å². The molecule has 0 atom stereocenters. The predicted octanol–water partition coefficient (Wildman–Crippen LogP) is 0.870. The molecule has 0 saturated heterocycles. The lowest BCUT2D eigenvalue weighted by atomic mass is 10.4. The van der Waals surface area contributed by atoms with E-state index in [0.717, 1.165) is 0 Å². The molecule has 0 aliphatic heterocycles. The molecule has 12 heavy (non-hydrogen) atoms. The van der Waals surface area contributed by atoms with Gasteiger partial charge in [-0.2, -0.15) is 0 Å². The first-order valence-electron chi connectivity index (χ1n) is 3.57. The molecular formula is C7H10N2O3. The molecule has 1 aromatic rings. The van der Waals surface area contributed by atoms with Crippen molar-refractivity contribution in [3.63, 3.8) is 0 Å². The number of anilines is 1. The quantitative estimate of drug-likeness (QED) is 0.701. The van der Waals surface area contributed by atoms with Gasteiger partial charge in [-0.25, -0.2) is 0 Å². The number of hydrogen-bond acceptors (Lipinski definition) is 4. The zero-order chi connectivity index (χ0) is 8.97. The van der Waals surface area contributed by atoms with Gasteiger partial charge in [-0.05, 0) is 6.92 Å². The third-order valence-electron chi connectivity index (χ3n) is 1.27. The Hall–Kier alpha value is -1.52. The maximum atomic E-state index is 10.1. The van der Waals surface area contributed by atoms with Gasteiger partial charge in [0.05, 0.1) is 6.42 Å². The number of aryl methyl sites for hydroxylation is 1. The first-order valence-corrected chi connectivity index (χ1v) is 3.57. The number of hydrogen-bond donors (Lipinski definition) is 2. The van der Waals surface area contributed by atoms with E-state index in [1.54, 1.807) is 13.0 Å². The summed E-state index contributed by atoms with van der Waals surface area (Å²) in [6.07, 6.45) is 0.0753. The lowest BCUT2D eigenvalue weighted by Crippen LogP contribution is -2.07. The summed E-state index contributed by atoms with van der Waals surface area (Å²) < 4.78 is 4.76. The lowest BCUT2D eigenvalue weighted by Gasteiger charge is -1.96. The van der Waals surface area contributed by atoms with Crippen LogP contribution in [0.5, 0.6) is 0 Å². The molecule has 2 N–H and O–H groups in total. The Bertz CT molecular complexity index is 269. The molecule has 66 valence electrons. The highest BCUT2D eigenvalue weighted by Crippen LogP contribution is 2.06. The van der Waals surface area contributed by atoms with Gasteiger partial charge in [-0.3, -0.25) is 4.79 Å². The second-order valence-corrected chi connectivity index (χ2v) is 2.39. The number of aromatic nitrogens is 1. The molecule has 5 heteroatoms. The first-order chi connectivity index (χ1) is 5.68. The fourth-order valence-electron chi connectivity index (χ4n) is 0.747. The van der Waals surface area contributed by atoms with Crippen LogP contribution in [0.15, 0.2) is 10.6 Å². The minimum absolute atomic E-state index is 0.0753. The van der Waals surface area contributed by atoms with Crippen LogP contribution in [0.2, 0.25) is 0 Å². The van der Waals surface area contributed by atoms with Crippen LogP contribution in [0.1, 0.15) is 12.2 Å². The molecule has 1 aromatic heterocycles. The number of nitrogens with one attached hydrogen (secondary N) is 1. The molecule has 5 nitrogen and oxygen atoms in total. The molecular weight excluding hydrogens is 160 g/mol. The van der Waals surface area contributed by atoms with Crippen LogP contribution >= 0.6 is 0 Å². The van der Waals surface area contributed by atoms with Gasteiger partial charge in [0.2, 0.25) is 0 Å². The Morgan fingerprint density at radius 3 is 3.08 bits per heavy atom. The van der Waals surface area contributed by atoms with Gasteiger partial charge in [-0.1, -0.05) is 5.16 Å². The Kier molecular flexibility index (Phi) is 2.68. The van der Waals surface area contributed by atoms with E-state index < -0.39 is 5.97 Å². The standard InChI is InChI=1S/C7H10N2O3/c1-5-4-6(9-12-5)8-3-2-7(10)11/h4H,2-3H2,1H3,(H,8,9)(H,10,11). The van der Waals surface area contributed by atoms with Crippen molar-refractivity contribution in [2.75, 3.05) is 11.9 Å². The summed E-state index contributed by atoms with van der Waals surface area (Å²) in [7, 11) is 0. The summed E-state index contributed by atoms with van der Waals surface area (Å²) in [6.45, 7) is 2.14. The first kappa shape index (κ1) is 8.58. The molecule has 0 amide bonds. The van der Waals surface area contributed by atoms with Crippen LogP contribution in [0.25, 0.3) is 0 Å². The third-order valence-corrected chi connectivity index (χ3v) is 1.27. The smallest absolute Gasteiger partial charge is 0.305 e. The average molecular weight is 170 g/mol. The van der Waals surface area contributed by atoms with Crippen molar-refractivity contribution < 1.29 is 14.4 Å². The summed E-state index contributed by atoms with van der Waals surface area (Å²) in [5, 5.41) is 14.8. The summed E-state index contributed by atoms with van der Waals surface area (Å²) in [5.74, 6) is 0.448. The zero-order valence-corrected chi connectivity index (χ0v) is 6.70. The Morgan fingerprint density at radius 2 is 2.58 bits per heavy atom. The van der Waals surface area contributed by atoms with Crippen LogP contribution in [-0.4, -0.2) is 22.8 Å². The van der Waals surface area contributed by atoms with E-state index in [1.807, 2.05) is 0 Å². The molecule has 0 fully saturated rings. The van der Waals surface area contributed by atoms with Gasteiger partial charge >= 0.3 is 5.97 Å². The topological polar surface area (TPSA) is 75.4 Å². The highest BCUT2D eigenvalue weighted by Gasteiger charge is 2.00. The molecule has 0 aromatic carbocycles. The van der Waals surface area contributed by atoms with E-state index >= 15 is 0 Å². The van der Waals surface area contributed by atoms with E-state index in [4.69, 9.17) is 9.63 Å². The fraction of sp³-hybridized carbons (Fsp3) is 0.429. The maximum Gasteiger partial charge on any atom is 0.305 e. The van der Waals surface area contributed by atoms with Gasteiger partial charge in [0.1, 0.15) is 5.76 Å². The number of carbonyl (C=O) groups is 1. The van der Waals surface area contributed by atoms with Crippen LogP contribution in [-0.2, 0) is 4.79 Å². The van der Waals surface area contributed by atoms with Gasteiger partial charge in [0, 0.05) is 12.6 Å². The van der Waals surface area contributed by atoms with E-state index in [0.29, 0.717) is 18.1 Å². The minimum atomic E-state index is -0.831. The molecule has 0 aliphatic carbocycles. The number of carboxylic acids is 1. The molecule has 1 rings (SSSR count). The van der Waals surface area contributed by atoms with Gasteiger partial charge < -0.3 is 14.9 Å². The Labute approximate surface area is 69.4 Å². The molecule has 0 radical (unpaired) electrons. The van der Waals surface area contributed by atoms with Crippen LogP contribution < -0.4 is 5.32 Å². The molecule has 0 spiro atoms. The second-order valence-electron chi connectivity index (χ2n) is 2.39. The van der Waals surface area contributed by atoms with E-state index in [9.17, 15) is 4.79 Å². The number of rotatable bonds is 4. The van der Waals surface area contributed by atoms with Crippen LogP contribution in [0, 0.1) is 6.92 Å². The van der Waals surface area contributed by atoms with Crippen molar-refractivity contribution >= 4 is 11.8 Å². The molecule has 0 aliphatic rings. The fourth-order valence-corrected chi connectivity index (χ4v) is 0.747. The van der Waals surface area contributed by atoms with E-state index in [-0.39, 0.29) is 6.42 Å². The number of aliphatic carboxylic acids is 1. The van der Waals surface area contributed by atoms with Crippen LogP contribution in [0.4, 0.5) is 5.82 Å². The molecule has 1 heterocycles. The van der Waals surface area contributed by atoms with Gasteiger partial charge in [0.25, 0.3) is 0 Å². The largest absolute Gasteiger partial charge is 0.481 e. The maximum absolute atomic E-state index is 10.1. The summed E-state index contributed by atoms with van der Waals surface area (Å²) in [6, 6.07) is 1.71. The number of nitrogens with zero attached hydrogens (tertiary/aromatic N) is 1. The monoisotopic (exact) mass is 170 g/mol. The predicted molar refractivity (Wildman–Crippen MR) is 42.0 cm³/mol. The zero-order valence-electron chi connectivity index (χ0n) is 6.70.